The van der Waals surface area contributed by atoms with Gasteiger partial charge in [-0.3, -0.25) is 0 Å². The lowest BCUT2D eigenvalue weighted by Crippen LogP contribution is -1.91. The van der Waals surface area contributed by atoms with E-state index in [-0.39, 0.29) is 12.4 Å². The Hall–Kier alpha value is -2.33. The first-order valence-corrected chi connectivity index (χ1v) is 5.91. The summed E-state index contributed by atoms with van der Waals surface area (Å²) in [7, 11) is 0. The maximum absolute atomic E-state index is 10.7. The Morgan fingerprint density at radius 1 is 1.16 bits per heavy atom. The minimum atomic E-state index is -1.07. The van der Waals surface area contributed by atoms with Crippen molar-refractivity contribution in [2.24, 2.45) is 0 Å². The third-order valence-corrected chi connectivity index (χ3v) is 2.62. The summed E-state index contributed by atoms with van der Waals surface area (Å²) < 4.78 is 5.22. The third-order valence-electron chi connectivity index (χ3n) is 2.62. The van der Waals surface area contributed by atoms with Crippen molar-refractivity contribution >= 4 is 12.0 Å². The van der Waals surface area contributed by atoms with E-state index in [2.05, 4.69) is 0 Å². The zero-order chi connectivity index (χ0) is 13.7. The normalized spacial score (nSPS) is 11.0. The minimum absolute atomic E-state index is 0.0677. The Morgan fingerprint density at radius 2 is 1.89 bits per heavy atom. The number of aliphatic hydroxyl groups is 1. The van der Waals surface area contributed by atoms with Crippen molar-refractivity contribution in [3.8, 4) is 11.3 Å². The molecule has 0 unspecified atom stereocenters. The fraction of sp³-hybridized carbons (Fsp3) is 0.133. The van der Waals surface area contributed by atoms with Gasteiger partial charge >= 0.3 is 5.97 Å². The van der Waals surface area contributed by atoms with Gasteiger partial charge in [0.2, 0.25) is 5.76 Å². The molecule has 0 bridgehead atoms. The van der Waals surface area contributed by atoms with Crippen molar-refractivity contribution in [3.63, 3.8) is 0 Å². The van der Waals surface area contributed by atoms with E-state index in [1.165, 1.54) is 6.07 Å². The van der Waals surface area contributed by atoms with Gasteiger partial charge in [0.15, 0.2) is 0 Å². The molecule has 0 spiro atoms. The summed E-state index contributed by atoms with van der Waals surface area (Å²) in [6.07, 6.45) is 4.44. The van der Waals surface area contributed by atoms with Crippen LogP contribution < -0.4 is 0 Å². The lowest BCUT2D eigenvalue weighted by Gasteiger charge is -1.98. The maximum atomic E-state index is 10.7. The molecule has 2 rings (SSSR count). The standard InChI is InChI=1S/C15H14O4/c16-10-2-1-3-11-4-6-12(7-5-11)13-8-9-14(19-13)15(17)18/h1,3-9,16H,2,10H2,(H,17,18). The largest absolute Gasteiger partial charge is 0.475 e. The van der Waals surface area contributed by atoms with Gasteiger partial charge in [-0.25, -0.2) is 4.79 Å². The summed E-state index contributed by atoms with van der Waals surface area (Å²) >= 11 is 0. The van der Waals surface area contributed by atoms with Gasteiger partial charge in [0.25, 0.3) is 0 Å². The van der Waals surface area contributed by atoms with Gasteiger partial charge in [0.1, 0.15) is 5.76 Å². The van der Waals surface area contributed by atoms with Gasteiger partial charge in [-0.2, -0.15) is 0 Å². The molecule has 0 radical (unpaired) electrons. The first-order chi connectivity index (χ1) is 9.20. The van der Waals surface area contributed by atoms with Crippen molar-refractivity contribution < 1.29 is 19.4 Å². The molecule has 0 saturated heterocycles. The summed E-state index contributed by atoms with van der Waals surface area (Å²) in [4.78, 5) is 10.7. The van der Waals surface area contributed by atoms with Gasteiger partial charge in [0.05, 0.1) is 0 Å². The molecular formula is C15H14O4. The highest BCUT2D eigenvalue weighted by molar-refractivity contribution is 5.85. The van der Waals surface area contributed by atoms with E-state index in [4.69, 9.17) is 14.6 Å². The zero-order valence-corrected chi connectivity index (χ0v) is 10.2. The highest BCUT2D eigenvalue weighted by Gasteiger charge is 2.09. The van der Waals surface area contributed by atoms with E-state index in [0.29, 0.717) is 12.2 Å². The number of hydrogen-bond donors (Lipinski definition) is 2. The van der Waals surface area contributed by atoms with Gasteiger partial charge in [-0.15, -0.1) is 0 Å². The summed E-state index contributed by atoms with van der Waals surface area (Å²) in [5.41, 5.74) is 1.84. The molecule has 1 aromatic carbocycles. The maximum Gasteiger partial charge on any atom is 0.371 e. The van der Waals surface area contributed by atoms with Crippen LogP contribution in [0.1, 0.15) is 22.5 Å². The van der Waals surface area contributed by atoms with Crippen LogP contribution in [0.3, 0.4) is 0 Å². The van der Waals surface area contributed by atoms with Crippen LogP contribution in [0.2, 0.25) is 0 Å². The number of carboxylic acids is 1. The molecule has 0 atom stereocenters. The molecule has 19 heavy (non-hydrogen) atoms. The number of aromatic carboxylic acids is 1. The number of furan rings is 1. The molecule has 0 fully saturated rings. The van der Waals surface area contributed by atoms with Crippen LogP contribution in [0, 0.1) is 0 Å². The SMILES string of the molecule is O=C(O)c1ccc(-c2ccc(C=CCCO)cc2)o1. The van der Waals surface area contributed by atoms with Gasteiger partial charge in [-0.05, 0) is 24.1 Å². The number of aliphatic hydroxyl groups excluding tert-OH is 1. The molecule has 0 aliphatic carbocycles. The molecule has 4 nitrogen and oxygen atoms in total. The molecular weight excluding hydrogens is 244 g/mol. The van der Waals surface area contributed by atoms with E-state index in [0.717, 1.165) is 11.1 Å². The number of hydrogen-bond acceptors (Lipinski definition) is 3. The highest BCUT2D eigenvalue weighted by atomic mass is 16.4. The molecule has 98 valence electrons. The lowest BCUT2D eigenvalue weighted by molar-refractivity contribution is 0.0663. The smallest absolute Gasteiger partial charge is 0.371 e. The Kier molecular flexibility index (Phi) is 4.15. The Labute approximate surface area is 110 Å². The lowest BCUT2D eigenvalue weighted by atomic mass is 10.1. The van der Waals surface area contributed by atoms with Crippen LogP contribution >= 0.6 is 0 Å². The van der Waals surface area contributed by atoms with Gasteiger partial charge < -0.3 is 14.6 Å². The second kappa shape index (κ2) is 6.02. The second-order valence-electron chi connectivity index (χ2n) is 4.01. The quantitative estimate of drug-likeness (QED) is 0.864. The van der Waals surface area contributed by atoms with Gasteiger partial charge in [0, 0.05) is 12.2 Å². The summed E-state index contributed by atoms with van der Waals surface area (Å²) in [5, 5.41) is 17.5. The number of carboxylic acid groups (broad SMARTS) is 1. The van der Waals surface area contributed by atoms with Gasteiger partial charge in [-0.1, -0.05) is 36.4 Å². The van der Waals surface area contributed by atoms with Crippen LogP contribution in [-0.4, -0.2) is 22.8 Å². The topological polar surface area (TPSA) is 70.7 Å². The van der Waals surface area contributed by atoms with Crippen molar-refractivity contribution in [1.29, 1.82) is 0 Å². The molecule has 0 saturated carbocycles. The third kappa shape index (κ3) is 3.33. The predicted octanol–water partition coefficient (Wildman–Crippen LogP) is 3.04. The second-order valence-corrected chi connectivity index (χ2v) is 4.01. The van der Waals surface area contributed by atoms with E-state index >= 15 is 0 Å². The molecule has 0 amide bonds. The molecule has 0 aliphatic rings. The van der Waals surface area contributed by atoms with Crippen LogP contribution in [-0.2, 0) is 0 Å². The zero-order valence-electron chi connectivity index (χ0n) is 10.2. The van der Waals surface area contributed by atoms with E-state index in [1.807, 2.05) is 36.4 Å². The molecule has 2 aromatic rings. The highest BCUT2D eigenvalue weighted by Crippen LogP contribution is 2.22. The predicted molar refractivity (Wildman–Crippen MR) is 71.8 cm³/mol. The van der Waals surface area contributed by atoms with Crippen LogP contribution in [0.15, 0.2) is 46.9 Å². The first kappa shape index (κ1) is 13.1. The van der Waals surface area contributed by atoms with Crippen molar-refractivity contribution in [2.45, 2.75) is 6.42 Å². The Morgan fingerprint density at radius 3 is 2.47 bits per heavy atom. The number of benzene rings is 1. The van der Waals surface area contributed by atoms with E-state index < -0.39 is 5.97 Å². The summed E-state index contributed by atoms with van der Waals surface area (Å²) in [6.45, 7) is 0.138. The fourth-order valence-electron chi connectivity index (χ4n) is 1.66. The monoisotopic (exact) mass is 258 g/mol. The van der Waals surface area contributed by atoms with Crippen LogP contribution in [0.25, 0.3) is 17.4 Å². The Bertz CT molecular complexity index is 578. The molecule has 0 aliphatic heterocycles. The Balaban J connectivity index is 2.15. The first-order valence-electron chi connectivity index (χ1n) is 5.91. The summed E-state index contributed by atoms with van der Waals surface area (Å²) in [5.74, 6) is -0.611. The van der Waals surface area contributed by atoms with Crippen LogP contribution in [0.5, 0.6) is 0 Å². The number of carbonyl (C=O) groups is 1. The molecule has 1 heterocycles. The molecule has 4 heteroatoms. The average molecular weight is 258 g/mol. The average Bonchev–Trinajstić information content (AvgIpc) is 2.90. The fourth-order valence-corrected chi connectivity index (χ4v) is 1.66. The van der Waals surface area contributed by atoms with Crippen molar-refractivity contribution in [1.82, 2.24) is 0 Å². The van der Waals surface area contributed by atoms with Crippen molar-refractivity contribution in [3.05, 3.63) is 53.8 Å². The van der Waals surface area contributed by atoms with E-state index in [1.54, 1.807) is 6.07 Å². The van der Waals surface area contributed by atoms with Crippen molar-refractivity contribution in [2.75, 3.05) is 6.61 Å². The molecule has 2 N–H and O–H groups in total. The van der Waals surface area contributed by atoms with Crippen LogP contribution in [0.4, 0.5) is 0 Å². The molecule has 1 aromatic heterocycles. The minimum Gasteiger partial charge on any atom is -0.475 e. The number of rotatable bonds is 5. The summed E-state index contributed by atoms with van der Waals surface area (Å²) in [6, 6.07) is 10.6. The van der Waals surface area contributed by atoms with E-state index in [9.17, 15) is 4.79 Å².